The van der Waals surface area contributed by atoms with E-state index in [1.54, 1.807) is 7.11 Å². The Morgan fingerprint density at radius 1 is 0.968 bits per heavy atom. The first kappa shape index (κ1) is 23.1. The maximum absolute atomic E-state index is 13.2. The van der Waals surface area contributed by atoms with E-state index in [2.05, 4.69) is 13.8 Å². The van der Waals surface area contributed by atoms with Crippen LogP contribution in [-0.2, 0) is 20.1 Å². The van der Waals surface area contributed by atoms with Crippen LogP contribution in [0.15, 0.2) is 59.5 Å². The van der Waals surface area contributed by atoms with Crippen LogP contribution in [0.5, 0.6) is 5.75 Å². The van der Waals surface area contributed by atoms with E-state index in [-0.39, 0.29) is 11.8 Å². The lowest BCUT2D eigenvalue weighted by Gasteiger charge is -2.14. The van der Waals surface area contributed by atoms with Crippen LogP contribution in [0.2, 0.25) is 0 Å². The molecule has 2 aromatic rings. The molecule has 0 aliphatic carbocycles. The molecule has 31 heavy (non-hydrogen) atoms. The number of hydrogen-bond acceptors (Lipinski definition) is 5. The van der Waals surface area contributed by atoms with Crippen molar-refractivity contribution in [2.75, 3.05) is 26.9 Å². The van der Waals surface area contributed by atoms with Crippen LogP contribution < -0.4 is 4.74 Å². The molecule has 2 amide bonds. The molecule has 1 aliphatic heterocycles. The lowest BCUT2D eigenvalue weighted by Crippen LogP contribution is -2.33. The third-order valence-corrected chi connectivity index (χ3v) is 5.95. The van der Waals surface area contributed by atoms with Crippen LogP contribution in [0.25, 0.3) is 5.57 Å². The predicted molar refractivity (Wildman–Crippen MR) is 125 cm³/mol. The first-order chi connectivity index (χ1) is 15.0. The zero-order valence-corrected chi connectivity index (χ0v) is 19.1. The first-order valence-corrected chi connectivity index (χ1v) is 11.5. The van der Waals surface area contributed by atoms with E-state index in [0.29, 0.717) is 48.3 Å². The van der Waals surface area contributed by atoms with Crippen molar-refractivity contribution in [3.8, 4) is 5.75 Å². The van der Waals surface area contributed by atoms with E-state index in [0.717, 1.165) is 16.9 Å². The monoisotopic (exact) mass is 439 g/mol. The number of imide groups is 1. The third-order valence-electron chi connectivity index (χ3n) is 4.81. The average Bonchev–Trinajstić information content (AvgIpc) is 3.01. The van der Waals surface area contributed by atoms with Crippen molar-refractivity contribution in [3.05, 3.63) is 70.6 Å². The minimum atomic E-state index is -0.243. The van der Waals surface area contributed by atoms with Crippen molar-refractivity contribution in [1.82, 2.24) is 4.90 Å². The van der Waals surface area contributed by atoms with Crippen LogP contribution in [0, 0.1) is 5.92 Å². The summed E-state index contributed by atoms with van der Waals surface area (Å²) in [5, 5.41) is 0. The highest BCUT2D eigenvalue weighted by molar-refractivity contribution is 8.03. The molecule has 3 rings (SSSR count). The highest BCUT2D eigenvalue weighted by atomic mass is 32.2. The molecule has 0 bridgehead atoms. The normalized spacial score (nSPS) is 14.1. The van der Waals surface area contributed by atoms with E-state index in [9.17, 15) is 9.59 Å². The molecule has 0 atom stereocenters. The molecule has 0 unspecified atom stereocenters. The number of carbonyl (C=O) groups is 2. The second-order valence-electron chi connectivity index (χ2n) is 7.82. The summed E-state index contributed by atoms with van der Waals surface area (Å²) in [6, 6.07) is 17.4. The fourth-order valence-electron chi connectivity index (χ4n) is 3.22. The summed E-state index contributed by atoms with van der Waals surface area (Å²) >= 11 is 1.42. The molecule has 0 N–H and O–H groups in total. The molecule has 1 aliphatic rings. The van der Waals surface area contributed by atoms with Crippen molar-refractivity contribution >= 4 is 29.1 Å². The summed E-state index contributed by atoms with van der Waals surface area (Å²) in [6.07, 6.45) is 0.611. The number of ether oxygens (including phenoxy) is 2. The fraction of sp³-hybridized carbons (Fsp3) is 0.360. The number of amides is 2. The zero-order valence-electron chi connectivity index (χ0n) is 18.3. The molecule has 164 valence electrons. The summed E-state index contributed by atoms with van der Waals surface area (Å²) in [4.78, 5) is 28.2. The van der Waals surface area contributed by atoms with Crippen molar-refractivity contribution in [3.63, 3.8) is 0 Å². The first-order valence-electron chi connectivity index (χ1n) is 10.5. The van der Waals surface area contributed by atoms with Crippen LogP contribution >= 0.6 is 11.8 Å². The maximum atomic E-state index is 13.2. The van der Waals surface area contributed by atoms with Crippen molar-refractivity contribution in [2.45, 2.75) is 26.0 Å². The molecule has 0 saturated carbocycles. The summed E-state index contributed by atoms with van der Waals surface area (Å²) in [5.41, 5.74) is 2.31. The second-order valence-corrected chi connectivity index (χ2v) is 8.80. The summed E-state index contributed by atoms with van der Waals surface area (Å²) < 4.78 is 10.8. The zero-order chi connectivity index (χ0) is 22.2. The van der Waals surface area contributed by atoms with Gasteiger partial charge in [-0.2, -0.15) is 0 Å². The van der Waals surface area contributed by atoms with Gasteiger partial charge in [-0.25, -0.2) is 0 Å². The molecular formula is C25H29NO4S. The predicted octanol–water partition coefficient (Wildman–Crippen LogP) is 4.77. The Labute approximate surface area is 188 Å². The van der Waals surface area contributed by atoms with Crippen molar-refractivity contribution in [2.24, 2.45) is 5.92 Å². The van der Waals surface area contributed by atoms with Gasteiger partial charge in [0, 0.05) is 26.0 Å². The molecular weight excluding hydrogens is 410 g/mol. The number of benzene rings is 2. The van der Waals surface area contributed by atoms with Crippen LogP contribution in [-0.4, -0.2) is 43.6 Å². The van der Waals surface area contributed by atoms with Gasteiger partial charge >= 0.3 is 0 Å². The quantitative estimate of drug-likeness (QED) is 0.373. The highest BCUT2D eigenvalue weighted by Crippen LogP contribution is 2.38. The van der Waals surface area contributed by atoms with Gasteiger partial charge in [0.05, 0.1) is 17.1 Å². The summed E-state index contributed by atoms with van der Waals surface area (Å²) in [7, 11) is 1.61. The van der Waals surface area contributed by atoms with Crippen LogP contribution in [0.3, 0.4) is 0 Å². The molecule has 2 aromatic carbocycles. The molecule has 5 nitrogen and oxygen atoms in total. The van der Waals surface area contributed by atoms with E-state index in [4.69, 9.17) is 9.47 Å². The molecule has 0 saturated heterocycles. The van der Waals surface area contributed by atoms with Gasteiger partial charge in [-0.15, -0.1) is 11.8 Å². The minimum Gasteiger partial charge on any atom is -0.493 e. The maximum Gasteiger partial charge on any atom is 0.267 e. The van der Waals surface area contributed by atoms with Gasteiger partial charge in [0.1, 0.15) is 5.75 Å². The Morgan fingerprint density at radius 3 is 2.32 bits per heavy atom. The van der Waals surface area contributed by atoms with Crippen molar-refractivity contribution in [1.29, 1.82) is 0 Å². The highest BCUT2D eigenvalue weighted by Gasteiger charge is 2.38. The molecule has 0 fully saturated rings. The average molecular weight is 440 g/mol. The van der Waals surface area contributed by atoms with Crippen LogP contribution in [0.1, 0.15) is 31.4 Å². The number of nitrogens with zero attached hydrogens (tertiary/aromatic N) is 1. The van der Waals surface area contributed by atoms with Crippen molar-refractivity contribution < 1.29 is 19.1 Å². The van der Waals surface area contributed by atoms with E-state index in [1.165, 1.54) is 16.7 Å². The Bertz CT molecular complexity index is 922. The third kappa shape index (κ3) is 5.99. The summed E-state index contributed by atoms with van der Waals surface area (Å²) in [6.45, 7) is 5.67. The Kier molecular flexibility index (Phi) is 8.32. The van der Waals surface area contributed by atoms with Gasteiger partial charge in [-0.05, 0) is 35.6 Å². The second kappa shape index (κ2) is 11.2. The van der Waals surface area contributed by atoms with E-state index >= 15 is 0 Å². The van der Waals surface area contributed by atoms with Gasteiger partial charge in [0.2, 0.25) is 0 Å². The van der Waals surface area contributed by atoms with Gasteiger partial charge in [0.25, 0.3) is 11.8 Å². The standard InChI is InChI=1S/C25H29NO4S/c1-18(2)16-30-21-12-10-20(11-13-21)22-23(31-17-19-8-5-4-6-9-19)25(28)26(24(22)27)14-7-15-29-3/h4-6,8-13,18H,7,14-17H2,1-3H3. The van der Waals surface area contributed by atoms with E-state index in [1.807, 2.05) is 54.6 Å². The molecule has 0 aromatic heterocycles. The Balaban J connectivity index is 1.85. The molecule has 0 radical (unpaired) electrons. The molecule has 6 heteroatoms. The number of rotatable bonds is 11. The summed E-state index contributed by atoms with van der Waals surface area (Å²) in [5.74, 6) is 1.34. The lowest BCUT2D eigenvalue weighted by atomic mass is 10.1. The van der Waals surface area contributed by atoms with Gasteiger partial charge in [-0.1, -0.05) is 56.3 Å². The number of carbonyl (C=O) groups excluding carboxylic acids is 2. The largest absolute Gasteiger partial charge is 0.493 e. The topological polar surface area (TPSA) is 55.8 Å². The molecule has 0 spiro atoms. The molecule has 1 heterocycles. The smallest absolute Gasteiger partial charge is 0.267 e. The Hall–Kier alpha value is -2.57. The number of methoxy groups -OCH3 is 1. The Morgan fingerprint density at radius 2 is 1.68 bits per heavy atom. The number of hydrogen-bond donors (Lipinski definition) is 0. The van der Waals surface area contributed by atoms with E-state index < -0.39 is 0 Å². The lowest BCUT2D eigenvalue weighted by molar-refractivity contribution is -0.136. The van der Waals surface area contributed by atoms with Gasteiger partial charge in [-0.3, -0.25) is 14.5 Å². The SMILES string of the molecule is COCCCN1C(=O)C(SCc2ccccc2)=C(c2ccc(OCC(C)C)cc2)C1=O. The van der Waals surface area contributed by atoms with Crippen LogP contribution in [0.4, 0.5) is 0 Å². The van der Waals surface area contributed by atoms with Gasteiger partial charge < -0.3 is 9.47 Å². The number of thioether (sulfide) groups is 1. The van der Waals surface area contributed by atoms with Gasteiger partial charge in [0.15, 0.2) is 0 Å². The fourth-order valence-corrected chi connectivity index (χ4v) is 4.31. The minimum absolute atomic E-state index is 0.225.